The van der Waals surface area contributed by atoms with E-state index in [-0.39, 0.29) is 24.0 Å². The maximum Gasteiger partial charge on any atom is 0.191 e. The van der Waals surface area contributed by atoms with Crippen molar-refractivity contribution < 1.29 is 18.6 Å². The number of furan rings is 1. The molecule has 0 bridgehead atoms. The number of hydrogen-bond donors (Lipinski definition) is 2. The van der Waals surface area contributed by atoms with E-state index in [1.165, 1.54) is 5.56 Å². The number of nitrogens with one attached hydrogen (secondary N) is 2. The van der Waals surface area contributed by atoms with Gasteiger partial charge in [0.05, 0.1) is 27.1 Å². The molecule has 8 heteroatoms. The summed E-state index contributed by atoms with van der Waals surface area (Å²) in [5.41, 5.74) is 1.20. The first-order chi connectivity index (χ1) is 14.2. The van der Waals surface area contributed by atoms with Crippen molar-refractivity contribution in [2.75, 3.05) is 47.6 Å². The first-order valence-electron chi connectivity index (χ1n) is 9.90. The molecule has 7 nitrogen and oxygen atoms in total. The van der Waals surface area contributed by atoms with E-state index in [1.54, 1.807) is 27.6 Å². The summed E-state index contributed by atoms with van der Waals surface area (Å²) in [5.74, 6) is 3.61. The fourth-order valence-electron chi connectivity index (χ4n) is 2.93. The molecule has 2 rings (SSSR count). The average molecular weight is 531 g/mol. The summed E-state index contributed by atoms with van der Waals surface area (Å²) in [7, 11) is 4.99. The van der Waals surface area contributed by atoms with Gasteiger partial charge in [0.25, 0.3) is 0 Å². The van der Waals surface area contributed by atoms with Crippen molar-refractivity contribution in [3.05, 3.63) is 47.9 Å². The van der Waals surface area contributed by atoms with Gasteiger partial charge in [0, 0.05) is 33.2 Å². The Kier molecular flexibility index (Phi) is 13.0. The van der Waals surface area contributed by atoms with E-state index in [0.717, 1.165) is 42.6 Å². The van der Waals surface area contributed by atoms with Crippen LogP contribution in [-0.4, -0.2) is 53.5 Å². The predicted molar refractivity (Wildman–Crippen MR) is 130 cm³/mol. The molecule has 2 aromatic rings. The van der Waals surface area contributed by atoms with Crippen LogP contribution in [0.5, 0.6) is 11.5 Å². The van der Waals surface area contributed by atoms with E-state index in [2.05, 4.69) is 23.6 Å². The van der Waals surface area contributed by atoms with Crippen molar-refractivity contribution >= 4 is 29.9 Å². The van der Waals surface area contributed by atoms with Crippen molar-refractivity contribution in [3.63, 3.8) is 0 Å². The lowest BCUT2D eigenvalue weighted by Gasteiger charge is -2.15. The molecule has 0 saturated carbocycles. The molecule has 0 radical (unpaired) electrons. The largest absolute Gasteiger partial charge is 0.493 e. The van der Waals surface area contributed by atoms with Gasteiger partial charge in [-0.25, -0.2) is 0 Å². The predicted octanol–water partition coefficient (Wildman–Crippen LogP) is 3.52. The maximum atomic E-state index is 5.39. The van der Waals surface area contributed by atoms with Crippen LogP contribution < -0.4 is 20.1 Å². The SMILES string of the molecule is COCCNC(=NCC(C)Cc1ccc(OC)c(OC)c1)NCCc1ccco1.I. The quantitative estimate of drug-likeness (QED) is 0.189. The van der Waals surface area contributed by atoms with Gasteiger partial charge in [-0.15, -0.1) is 24.0 Å². The highest BCUT2D eigenvalue weighted by atomic mass is 127. The first kappa shape index (κ1) is 26.1. The number of benzene rings is 1. The zero-order chi connectivity index (χ0) is 20.9. The minimum atomic E-state index is 0. The molecule has 30 heavy (non-hydrogen) atoms. The second kappa shape index (κ2) is 15.0. The zero-order valence-corrected chi connectivity index (χ0v) is 20.6. The summed E-state index contributed by atoms with van der Waals surface area (Å²) in [6, 6.07) is 9.91. The van der Waals surface area contributed by atoms with E-state index in [1.807, 2.05) is 24.3 Å². The lowest BCUT2D eigenvalue weighted by atomic mass is 10.0. The van der Waals surface area contributed by atoms with Crippen LogP contribution in [0, 0.1) is 5.92 Å². The Labute approximate surface area is 196 Å². The second-order valence-corrected chi connectivity index (χ2v) is 6.86. The summed E-state index contributed by atoms with van der Waals surface area (Å²) in [6.45, 7) is 4.97. The van der Waals surface area contributed by atoms with Crippen LogP contribution in [0.15, 0.2) is 46.0 Å². The molecule has 1 aromatic carbocycles. The van der Waals surface area contributed by atoms with Crippen LogP contribution in [0.25, 0.3) is 0 Å². The van der Waals surface area contributed by atoms with Gasteiger partial charge in [0.15, 0.2) is 17.5 Å². The van der Waals surface area contributed by atoms with Gasteiger partial charge in [-0.1, -0.05) is 13.0 Å². The fourth-order valence-corrected chi connectivity index (χ4v) is 2.93. The van der Waals surface area contributed by atoms with E-state index in [9.17, 15) is 0 Å². The lowest BCUT2D eigenvalue weighted by Crippen LogP contribution is -2.40. The highest BCUT2D eigenvalue weighted by Crippen LogP contribution is 2.28. The smallest absolute Gasteiger partial charge is 0.191 e. The van der Waals surface area contributed by atoms with Crippen molar-refractivity contribution in [2.45, 2.75) is 19.8 Å². The van der Waals surface area contributed by atoms with Gasteiger partial charge in [-0.2, -0.15) is 0 Å². The molecule has 1 heterocycles. The van der Waals surface area contributed by atoms with Gasteiger partial charge >= 0.3 is 0 Å². The molecule has 1 aromatic heterocycles. The molecule has 168 valence electrons. The molecule has 0 aliphatic carbocycles. The molecule has 1 unspecified atom stereocenters. The number of hydrogen-bond acceptors (Lipinski definition) is 5. The third-order valence-electron chi connectivity index (χ3n) is 4.44. The molecule has 1 atom stereocenters. The minimum Gasteiger partial charge on any atom is -0.493 e. The van der Waals surface area contributed by atoms with E-state index in [0.29, 0.717) is 25.6 Å². The number of methoxy groups -OCH3 is 3. The number of halogens is 1. The molecular weight excluding hydrogens is 497 g/mol. The second-order valence-electron chi connectivity index (χ2n) is 6.86. The fraction of sp³-hybridized carbons (Fsp3) is 0.500. The number of nitrogens with zero attached hydrogens (tertiary/aromatic N) is 1. The minimum absolute atomic E-state index is 0. The normalized spacial score (nSPS) is 12.1. The number of aliphatic imine (C=N–C) groups is 1. The Morgan fingerprint density at radius 1 is 1.07 bits per heavy atom. The zero-order valence-electron chi connectivity index (χ0n) is 18.3. The summed E-state index contributed by atoms with van der Waals surface area (Å²) in [5, 5.41) is 6.66. The topological polar surface area (TPSA) is 77.2 Å². The molecule has 0 fully saturated rings. The van der Waals surface area contributed by atoms with Gasteiger partial charge in [0.2, 0.25) is 0 Å². The molecule has 2 N–H and O–H groups in total. The van der Waals surface area contributed by atoms with Crippen LogP contribution in [0.3, 0.4) is 0 Å². The molecule has 0 amide bonds. The van der Waals surface area contributed by atoms with Crippen LogP contribution in [-0.2, 0) is 17.6 Å². The third kappa shape index (κ3) is 9.25. The highest BCUT2D eigenvalue weighted by molar-refractivity contribution is 14.0. The van der Waals surface area contributed by atoms with Gasteiger partial charge < -0.3 is 29.3 Å². The van der Waals surface area contributed by atoms with E-state index < -0.39 is 0 Å². The standard InChI is InChI=1S/C22H33N3O4.HI/c1-17(14-18-7-8-20(27-3)21(15-18)28-4)16-25-22(24-11-13-26-2)23-10-9-19-6-5-12-29-19;/h5-8,12,15,17H,9-11,13-14,16H2,1-4H3,(H2,23,24,25);1H. The maximum absolute atomic E-state index is 5.39. The Balaban J connectivity index is 0.00000450. The van der Waals surface area contributed by atoms with Crippen molar-refractivity contribution in [3.8, 4) is 11.5 Å². The number of guanidine groups is 1. The van der Waals surface area contributed by atoms with E-state index in [4.69, 9.17) is 23.6 Å². The molecule has 0 aliphatic heterocycles. The van der Waals surface area contributed by atoms with Crippen LogP contribution in [0.2, 0.25) is 0 Å². The highest BCUT2D eigenvalue weighted by Gasteiger charge is 2.09. The van der Waals surface area contributed by atoms with Crippen LogP contribution in [0.4, 0.5) is 0 Å². The molecule has 0 spiro atoms. The molecule has 0 saturated heterocycles. The van der Waals surface area contributed by atoms with Gasteiger partial charge in [-0.3, -0.25) is 4.99 Å². The average Bonchev–Trinajstić information content (AvgIpc) is 3.25. The molecule has 0 aliphatic rings. The summed E-state index contributed by atoms with van der Waals surface area (Å²) in [4.78, 5) is 4.74. The van der Waals surface area contributed by atoms with Gasteiger partial charge in [0.1, 0.15) is 5.76 Å². The lowest BCUT2D eigenvalue weighted by molar-refractivity contribution is 0.203. The van der Waals surface area contributed by atoms with Crippen molar-refractivity contribution in [1.82, 2.24) is 10.6 Å². The third-order valence-corrected chi connectivity index (χ3v) is 4.44. The summed E-state index contributed by atoms with van der Waals surface area (Å²) >= 11 is 0. The summed E-state index contributed by atoms with van der Waals surface area (Å²) < 4.78 is 21.2. The summed E-state index contributed by atoms with van der Waals surface area (Å²) in [6.07, 6.45) is 3.40. The van der Waals surface area contributed by atoms with Crippen LogP contribution >= 0.6 is 24.0 Å². The Hall–Kier alpha value is -1.94. The first-order valence-corrected chi connectivity index (χ1v) is 9.90. The van der Waals surface area contributed by atoms with Crippen molar-refractivity contribution in [1.29, 1.82) is 0 Å². The monoisotopic (exact) mass is 531 g/mol. The number of rotatable bonds is 12. The van der Waals surface area contributed by atoms with E-state index >= 15 is 0 Å². The van der Waals surface area contributed by atoms with Crippen LogP contribution in [0.1, 0.15) is 18.2 Å². The van der Waals surface area contributed by atoms with Crippen molar-refractivity contribution in [2.24, 2.45) is 10.9 Å². The molecular formula is C22H34IN3O4. The number of ether oxygens (including phenoxy) is 3. The Morgan fingerprint density at radius 2 is 1.83 bits per heavy atom. The van der Waals surface area contributed by atoms with Gasteiger partial charge in [-0.05, 0) is 42.2 Å². The Morgan fingerprint density at radius 3 is 2.50 bits per heavy atom. The Bertz CT molecular complexity index is 738.